The average molecular weight is 203 g/mol. The average Bonchev–Trinajstić information content (AvgIpc) is 1.83. The molecule has 0 aliphatic heterocycles. The van der Waals surface area contributed by atoms with Crippen molar-refractivity contribution in [3.05, 3.63) is 28.8 Å². The summed E-state index contributed by atoms with van der Waals surface area (Å²) >= 11 is 10.0. The standard InChI is InChI=1S/C9H11ClOS/c1-9(2,12)7-4-3-6(10)5-8(7)11/h3-5,11-12H,1-2H3. The van der Waals surface area contributed by atoms with Crippen LogP contribution in [0.3, 0.4) is 0 Å². The molecule has 0 unspecified atom stereocenters. The molecule has 0 aliphatic carbocycles. The number of thiol groups is 1. The smallest absolute Gasteiger partial charge is 0.121 e. The van der Waals surface area contributed by atoms with Crippen LogP contribution >= 0.6 is 24.2 Å². The topological polar surface area (TPSA) is 20.2 Å². The molecule has 1 aromatic carbocycles. The summed E-state index contributed by atoms with van der Waals surface area (Å²) in [5, 5.41) is 10.0. The van der Waals surface area contributed by atoms with Crippen molar-refractivity contribution < 1.29 is 5.11 Å². The highest BCUT2D eigenvalue weighted by molar-refractivity contribution is 7.81. The second-order valence-electron chi connectivity index (χ2n) is 3.22. The van der Waals surface area contributed by atoms with E-state index in [0.717, 1.165) is 5.56 Å². The van der Waals surface area contributed by atoms with Gasteiger partial charge in [0.05, 0.1) is 0 Å². The highest BCUT2D eigenvalue weighted by Gasteiger charge is 2.18. The zero-order chi connectivity index (χ0) is 9.35. The van der Waals surface area contributed by atoms with Crippen molar-refractivity contribution in [3.8, 4) is 5.75 Å². The number of hydrogen-bond donors (Lipinski definition) is 2. The van der Waals surface area contributed by atoms with Crippen LogP contribution in [0.15, 0.2) is 18.2 Å². The highest BCUT2D eigenvalue weighted by Crippen LogP contribution is 2.35. The second kappa shape index (κ2) is 3.19. The maximum absolute atomic E-state index is 9.49. The maximum atomic E-state index is 9.49. The van der Waals surface area contributed by atoms with Crippen molar-refractivity contribution >= 4 is 24.2 Å². The first kappa shape index (κ1) is 9.75. The largest absolute Gasteiger partial charge is 0.508 e. The maximum Gasteiger partial charge on any atom is 0.121 e. The summed E-state index contributed by atoms with van der Waals surface area (Å²) in [5.41, 5.74) is 0.787. The first-order valence-electron chi connectivity index (χ1n) is 3.62. The van der Waals surface area contributed by atoms with E-state index in [0.29, 0.717) is 5.02 Å². The van der Waals surface area contributed by atoms with Gasteiger partial charge in [0.25, 0.3) is 0 Å². The Morgan fingerprint density at radius 3 is 2.42 bits per heavy atom. The molecule has 0 saturated carbocycles. The summed E-state index contributed by atoms with van der Waals surface area (Å²) < 4.78 is -0.339. The molecule has 1 aromatic rings. The number of hydrogen-bond acceptors (Lipinski definition) is 2. The molecule has 0 spiro atoms. The van der Waals surface area contributed by atoms with Crippen LogP contribution in [-0.4, -0.2) is 5.11 Å². The van der Waals surface area contributed by atoms with Gasteiger partial charge < -0.3 is 5.11 Å². The lowest BCUT2D eigenvalue weighted by Gasteiger charge is -2.19. The minimum Gasteiger partial charge on any atom is -0.508 e. The molecular formula is C9H11ClOS. The van der Waals surface area contributed by atoms with E-state index in [2.05, 4.69) is 12.6 Å². The van der Waals surface area contributed by atoms with Crippen LogP contribution in [0, 0.1) is 0 Å². The Morgan fingerprint density at radius 2 is 2.00 bits per heavy atom. The summed E-state index contributed by atoms with van der Waals surface area (Å²) in [5.74, 6) is 0.197. The summed E-state index contributed by atoms with van der Waals surface area (Å²) in [7, 11) is 0. The Hall–Kier alpha value is -0.340. The monoisotopic (exact) mass is 202 g/mol. The van der Waals surface area contributed by atoms with E-state index >= 15 is 0 Å². The van der Waals surface area contributed by atoms with E-state index in [-0.39, 0.29) is 10.5 Å². The Morgan fingerprint density at radius 1 is 1.42 bits per heavy atom. The molecule has 0 aliphatic rings. The Labute approximate surface area is 82.8 Å². The van der Waals surface area contributed by atoms with Crippen LogP contribution in [0.1, 0.15) is 19.4 Å². The van der Waals surface area contributed by atoms with Gasteiger partial charge in [-0.05, 0) is 26.0 Å². The van der Waals surface area contributed by atoms with Gasteiger partial charge in [-0.15, -0.1) is 0 Å². The quantitative estimate of drug-likeness (QED) is 0.671. The normalized spacial score (nSPS) is 11.7. The predicted molar refractivity (Wildman–Crippen MR) is 55.1 cm³/mol. The summed E-state index contributed by atoms with van der Waals surface area (Å²) in [6.07, 6.45) is 0. The Bertz CT molecular complexity index is 291. The van der Waals surface area contributed by atoms with Crippen LogP contribution < -0.4 is 0 Å². The fourth-order valence-electron chi connectivity index (χ4n) is 1.02. The van der Waals surface area contributed by atoms with E-state index in [1.54, 1.807) is 12.1 Å². The number of phenolic OH excluding ortho intramolecular Hbond substituents is 1. The molecule has 12 heavy (non-hydrogen) atoms. The zero-order valence-electron chi connectivity index (χ0n) is 7.00. The molecule has 0 radical (unpaired) electrons. The van der Waals surface area contributed by atoms with Gasteiger partial charge in [-0.25, -0.2) is 0 Å². The molecule has 0 aromatic heterocycles. The van der Waals surface area contributed by atoms with Gasteiger partial charge in [0.15, 0.2) is 0 Å². The van der Waals surface area contributed by atoms with Crippen molar-refractivity contribution in [1.82, 2.24) is 0 Å². The lowest BCUT2D eigenvalue weighted by atomic mass is 10.0. The molecule has 0 saturated heterocycles. The van der Waals surface area contributed by atoms with Gasteiger partial charge in [0.1, 0.15) is 5.75 Å². The highest BCUT2D eigenvalue weighted by atomic mass is 35.5. The number of benzene rings is 1. The molecule has 0 atom stereocenters. The van der Waals surface area contributed by atoms with Gasteiger partial charge >= 0.3 is 0 Å². The van der Waals surface area contributed by atoms with Gasteiger partial charge in [0.2, 0.25) is 0 Å². The SMILES string of the molecule is CC(C)(S)c1ccc(Cl)cc1O. The van der Waals surface area contributed by atoms with E-state index in [9.17, 15) is 5.11 Å². The molecule has 0 bridgehead atoms. The predicted octanol–water partition coefficient (Wildman–Crippen LogP) is 3.21. The Kier molecular flexibility index (Phi) is 2.59. The third-order valence-corrected chi connectivity index (χ3v) is 2.09. The van der Waals surface area contributed by atoms with Gasteiger partial charge in [-0.2, -0.15) is 12.6 Å². The molecule has 3 heteroatoms. The van der Waals surface area contributed by atoms with E-state index in [4.69, 9.17) is 11.6 Å². The fraction of sp³-hybridized carbons (Fsp3) is 0.333. The molecule has 0 fully saturated rings. The van der Waals surface area contributed by atoms with Crippen LogP contribution in [0.4, 0.5) is 0 Å². The summed E-state index contributed by atoms with van der Waals surface area (Å²) in [6, 6.07) is 5.05. The summed E-state index contributed by atoms with van der Waals surface area (Å²) in [4.78, 5) is 0. The lowest BCUT2D eigenvalue weighted by Crippen LogP contribution is -2.07. The first-order chi connectivity index (χ1) is 5.41. The van der Waals surface area contributed by atoms with E-state index in [1.807, 2.05) is 13.8 Å². The van der Waals surface area contributed by atoms with E-state index < -0.39 is 0 Å². The minimum absolute atomic E-state index is 0.197. The molecular weight excluding hydrogens is 192 g/mol. The molecule has 0 amide bonds. The van der Waals surface area contributed by atoms with Crippen molar-refractivity contribution in [2.24, 2.45) is 0 Å². The van der Waals surface area contributed by atoms with Crippen molar-refractivity contribution in [2.75, 3.05) is 0 Å². The van der Waals surface area contributed by atoms with E-state index in [1.165, 1.54) is 6.07 Å². The number of phenols is 1. The first-order valence-corrected chi connectivity index (χ1v) is 4.45. The zero-order valence-corrected chi connectivity index (χ0v) is 8.65. The minimum atomic E-state index is -0.339. The number of halogens is 1. The van der Waals surface area contributed by atoms with Gasteiger partial charge in [0, 0.05) is 15.3 Å². The third-order valence-electron chi connectivity index (χ3n) is 1.62. The van der Waals surface area contributed by atoms with Crippen LogP contribution in [0.5, 0.6) is 5.75 Å². The third kappa shape index (κ3) is 2.08. The van der Waals surface area contributed by atoms with Crippen LogP contribution in [0.2, 0.25) is 5.02 Å². The summed E-state index contributed by atoms with van der Waals surface area (Å²) in [6.45, 7) is 3.83. The Balaban J connectivity index is 3.19. The fourth-order valence-corrected chi connectivity index (χ4v) is 1.38. The second-order valence-corrected chi connectivity index (χ2v) is 4.77. The molecule has 1 N–H and O–H groups in total. The van der Waals surface area contributed by atoms with Crippen molar-refractivity contribution in [2.45, 2.75) is 18.6 Å². The number of rotatable bonds is 1. The van der Waals surface area contributed by atoms with Crippen LogP contribution in [-0.2, 0) is 4.75 Å². The van der Waals surface area contributed by atoms with Gasteiger partial charge in [-0.1, -0.05) is 17.7 Å². The molecule has 1 rings (SSSR count). The molecule has 66 valence electrons. The van der Waals surface area contributed by atoms with Crippen molar-refractivity contribution in [1.29, 1.82) is 0 Å². The number of aromatic hydroxyl groups is 1. The van der Waals surface area contributed by atoms with Gasteiger partial charge in [-0.3, -0.25) is 0 Å². The van der Waals surface area contributed by atoms with Crippen molar-refractivity contribution in [3.63, 3.8) is 0 Å². The lowest BCUT2D eigenvalue weighted by molar-refractivity contribution is 0.462. The molecule has 1 nitrogen and oxygen atoms in total. The molecule has 0 heterocycles. The van der Waals surface area contributed by atoms with Crippen LogP contribution in [0.25, 0.3) is 0 Å².